The van der Waals surface area contributed by atoms with Crippen molar-refractivity contribution in [3.05, 3.63) is 23.8 Å². The van der Waals surface area contributed by atoms with Gasteiger partial charge in [0.25, 0.3) is 0 Å². The molecule has 21 heavy (non-hydrogen) atoms. The standard InChI is InChI=1S/C10H17N3O6S2/c1-8-7-9(11-5-6-12-20(2,14)15)3-4-10(8)13-19-21(16,17)18/h3-4,7,11-13H,5-6H2,1-2H3,(H,16,17,18). The molecule has 1 rings (SSSR count). The minimum Gasteiger partial charge on any atom is -0.384 e. The van der Waals surface area contributed by atoms with E-state index in [9.17, 15) is 16.8 Å². The smallest absolute Gasteiger partial charge is 0.384 e. The van der Waals surface area contributed by atoms with Gasteiger partial charge in [-0.25, -0.2) is 18.6 Å². The van der Waals surface area contributed by atoms with Crippen LogP contribution in [0.5, 0.6) is 0 Å². The number of nitrogens with one attached hydrogen (secondary N) is 3. The lowest BCUT2D eigenvalue weighted by Gasteiger charge is -2.11. The van der Waals surface area contributed by atoms with E-state index < -0.39 is 20.4 Å². The molecule has 0 aliphatic heterocycles. The third-order valence-corrected chi connectivity index (χ3v) is 3.32. The summed E-state index contributed by atoms with van der Waals surface area (Å²) in [6, 6.07) is 4.89. The normalized spacial score (nSPS) is 12.1. The van der Waals surface area contributed by atoms with Gasteiger partial charge in [0.1, 0.15) is 0 Å². The molecule has 0 aromatic heterocycles. The first-order valence-electron chi connectivity index (χ1n) is 5.78. The van der Waals surface area contributed by atoms with E-state index in [1.54, 1.807) is 25.1 Å². The quantitative estimate of drug-likeness (QED) is 0.298. The fourth-order valence-electron chi connectivity index (χ4n) is 1.43. The minimum atomic E-state index is -4.57. The second-order valence-corrected chi connectivity index (χ2v) is 7.09. The lowest BCUT2D eigenvalue weighted by Crippen LogP contribution is -2.27. The van der Waals surface area contributed by atoms with Crippen molar-refractivity contribution >= 4 is 31.8 Å². The maximum atomic E-state index is 10.9. The molecule has 11 heteroatoms. The fraction of sp³-hybridized carbons (Fsp3) is 0.400. The largest absolute Gasteiger partial charge is 0.418 e. The molecule has 4 N–H and O–H groups in total. The van der Waals surface area contributed by atoms with Gasteiger partial charge in [0.2, 0.25) is 10.0 Å². The maximum absolute atomic E-state index is 10.9. The van der Waals surface area contributed by atoms with Crippen molar-refractivity contribution in [2.75, 3.05) is 30.1 Å². The van der Waals surface area contributed by atoms with Crippen LogP contribution in [0.4, 0.5) is 11.4 Å². The molecule has 0 heterocycles. The van der Waals surface area contributed by atoms with E-state index in [0.29, 0.717) is 17.8 Å². The van der Waals surface area contributed by atoms with Gasteiger partial charge >= 0.3 is 10.4 Å². The molecule has 120 valence electrons. The molecule has 9 nitrogen and oxygen atoms in total. The Kier molecular flexibility index (Phi) is 5.92. The average Bonchev–Trinajstić information content (AvgIpc) is 2.31. The highest BCUT2D eigenvalue weighted by Crippen LogP contribution is 2.19. The first-order chi connectivity index (χ1) is 9.57. The molecule has 1 aromatic carbocycles. The molecular weight excluding hydrogens is 322 g/mol. The third kappa shape index (κ3) is 7.82. The van der Waals surface area contributed by atoms with Crippen LogP contribution in [0, 0.1) is 6.92 Å². The summed E-state index contributed by atoms with van der Waals surface area (Å²) in [5, 5.41) is 2.99. The van der Waals surface area contributed by atoms with Crippen molar-refractivity contribution in [3.8, 4) is 0 Å². The van der Waals surface area contributed by atoms with Crippen LogP contribution in [0.1, 0.15) is 5.56 Å². The number of hydrogen-bond acceptors (Lipinski definition) is 7. The summed E-state index contributed by atoms with van der Waals surface area (Å²) in [6.45, 7) is 2.33. The Morgan fingerprint density at radius 3 is 2.38 bits per heavy atom. The number of rotatable bonds is 8. The molecule has 0 bridgehead atoms. The van der Waals surface area contributed by atoms with Gasteiger partial charge in [-0.05, 0) is 30.7 Å². The van der Waals surface area contributed by atoms with Crippen LogP contribution in [-0.2, 0) is 24.7 Å². The Balaban J connectivity index is 2.54. The summed E-state index contributed by atoms with van der Waals surface area (Å²) in [6.07, 6.45) is 1.08. The van der Waals surface area contributed by atoms with Crippen LogP contribution >= 0.6 is 0 Å². The van der Waals surface area contributed by atoms with Crippen molar-refractivity contribution < 1.29 is 25.7 Å². The Morgan fingerprint density at radius 1 is 1.19 bits per heavy atom. The number of benzene rings is 1. The predicted octanol–water partition coefficient (Wildman–Crippen LogP) is 0.102. The molecule has 0 radical (unpaired) electrons. The average molecular weight is 339 g/mol. The van der Waals surface area contributed by atoms with Gasteiger partial charge in [-0.1, -0.05) is 0 Å². The van der Waals surface area contributed by atoms with Gasteiger partial charge in [0.05, 0.1) is 11.9 Å². The monoisotopic (exact) mass is 339 g/mol. The summed E-state index contributed by atoms with van der Waals surface area (Å²) < 4.78 is 57.5. The van der Waals surface area contributed by atoms with E-state index in [1.807, 2.05) is 0 Å². The summed E-state index contributed by atoms with van der Waals surface area (Å²) in [7, 11) is -7.78. The molecule has 0 saturated heterocycles. The lowest BCUT2D eigenvalue weighted by molar-refractivity contribution is 0.320. The molecule has 0 atom stereocenters. The Hall–Kier alpha value is -1.40. The highest BCUT2D eigenvalue weighted by atomic mass is 32.3. The fourth-order valence-corrected chi connectivity index (χ4v) is 2.10. The zero-order chi connectivity index (χ0) is 16.1. The summed E-state index contributed by atoms with van der Waals surface area (Å²) >= 11 is 0. The summed E-state index contributed by atoms with van der Waals surface area (Å²) in [4.78, 5) is 0. The van der Waals surface area contributed by atoms with E-state index in [2.05, 4.69) is 19.8 Å². The number of sulfonamides is 1. The van der Waals surface area contributed by atoms with Gasteiger partial charge in [0.15, 0.2) is 0 Å². The van der Waals surface area contributed by atoms with Crippen LogP contribution in [0.15, 0.2) is 18.2 Å². The third-order valence-electron chi connectivity index (χ3n) is 2.30. The molecule has 0 fully saturated rings. The minimum absolute atomic E-state index is 0.240. The van der Waals surface area contributed by atoms with Crippen LogP contribution in [0.3, 0.4) is 0 Å². The van der Waals surface area contributed by atoms with Gasteiger partial charge in [-0.15, -0.1) is 4.28 Å². The van der Waals surface area contributed by atoms with Crippen LogP contribution in [0.2, 0.25) is 0 Å². The van der Waals surface area contributed by atoms with E-state index in [0.717, 1.165) is 11.9 Å². The van der Waals surface area contributed by atoms with Gasteiger partial charge in [-0.2, -0.15) is 8.42 Å². The molecule has 0 spiro atoms. The molecule has 0 aliphatic rings. The van der Waals surface area contributed by atoms with Crippen LogP contribution in [0.25, 0.3) is 0 Å². The van der Waals surface area contributed by atoms with E-state index in [1.165, 1.54) is 0 Å². The molecule has 1 aromatic rings. The van der Waals surface area contributed by atoms with E-state index in [-0.39, 0.29) is 6.54 Å². The van der Waals surface area contributed by atoms with Crippen molar-refractivity contribution in [1.82, 2.24) is 4.72 Å². The van der Waals surface area contributed by atoms with Crippen molar-refractivity contribution in [2.45, 2.75) is 6.92 Å². The molecular formula is C10H17N3O6S2. The SMILES string of the molecule is Cc1cc(NCCNS(C)(=O)=O)ccc1NOS(=O)(=O)O. The number of hydrogen-bond donors (Lipinski definition) is 4. The van der Waals surface area contributed by atoms with Crippen molar-refractivity contribution in [3.63, 3.8) is 0 Å². The van der Waals surface area contributed by atoms with E-state index in [4.69, 9.17) is 4.55 Å². The highest BCUT2D eigenvalue weighted by molar-refractivity contribution is 7.88. The van der Waals surface area contributed by atoms with Crippen molar-refractivity contribution in [1.29, 1.82) is 0 Å². The Labute approximate surface area is 123 Å². The number of anilines is 2. The Morgan fingerprint density at radius 2 is 1.86 bits per heavy atom. The predicted molar refractivity (Wildman–Crippen MR) is 78.8 cm³/mol. The second-order valence-electron chi connectivity index (χ2n) is 4.24. The van der Waals surface area contributed by atoms with Gasteiger partial charge < -0.3 is 5.32 Å². The first-order valence-corrected chi connectivity index (χ1v) is 9.03. The summed E-state index contributed by atoms with van der Waals surface area (Å²) in [5.41, 5.74) is 3.87. The van der Waals surface area contributed by atoms with E-state index >= 15 is 0 Å². The van der Waals surface area contributed by atoms with Crippen LogP contribution < -0.4 is 15.5 Å². The van der Waals surface area contributed by atoms with Crippen molar-refractivity contribution in [2.24, 2.45) is 0 Å². The molecule has 0 unspecified atom stereocenters. The zero-order valence-corrected chi connectivity index (χ0v) is 13.1. The second kappa shape index (κ2) is 7.04. The topological polar surface area (TPSA) is 134 Å². The zero-order valence-electron chi connectivity index (χ0n) is 11.5. The number of aryl methyl sites for hydroxylation is 1. The highest BCUT2D eigenvalue weighted by Gasteiger charge is 2.07. The Bertz CT molecular complexity index is 687. The molecule has 0 saturated carbocycles. The van der Waals surface area contributed by atoms with Crippen LogP contribution in [-0.4, -0.2) is 40.7 Å². The molecule has 0 aliphatic carbocycles. The first kappa shape index (κ1) is 17.7. The summed E-state index contributed by atoms with van der Waals surface area (Å²) in [5.74, 6) is 0. The lowest BCUT2D eigenvalue weighted by atomic mass is 10.2. The van der Waals surface area contributed by atoms with Gasteiger partial charge in [0, 0.05) is 18.8 Å². The maximum Gasteiger partial charge on any atom is 0.418 e. The van der Waals surface area contributed by atoms with Gasteiger partial charge in [-0.3, -0.25) is 4.55 Å². The molecule has 0 amide bonds.